The zero-order chi connectivity index (χ0) is 22.5. The summed E-state index contributed by atoms with van der Waals surface area (Å²) in [5, 5.41) is 4.47. The van der Waals surface area contributed by atoms with Gasteiger partial charge in [-0.25, -0.2) is 4.68 Å². The Morgan fingerprint density at radius 1 is 0.938 bits per heavy atom. The lowest BCUT2D eigenvalue weighted by Gasteiger charge is -2.36. The van der Waals surface area contributed by atoms with Gasteiger partial charge < -0.3 is 14.5 Å². The number of nitrogens with zero attached hydrogens (tertiary/aromatic N) is 4. The highest BCUT2D eigenvalue weighted by Crippen LogP contribution is 2.21. The molecule has 0 spiro atoms. The zero-order valence-electron chi connectivity index (χ0n) is 18.5. The van der Waals surface area contributed by atoms with Crippen LogP contribution in [0.15, 0.2) is 65.5 Å². The van der Waals surface area contributed by atoms with Gasteiger partial charge in [-0.05, 0) is 37.3 Å². The third kappa shape index (κ3) is 4.99. The van der Waals surface area contributed by atoms with Crippen LogP contribution < -0.4 is 15.2 Å². The fourth-order valence-electron chi connectivity index (χ4n) is 3.85. The number of benzene rings is 2. The normalized spacial score (nSPS) is 13.8. The van der Waals surface area contributed by atoms with Crippen LogP contribution in [-0.4, -0.2) is 53.9 Å². The summed E-state index contributed by atoms with van der Waals surface area (Å²) in [5.74, 6) is 0.881. The fraction of sp³-hybridized carbons (Fsp3) is 0.320. The second kappa shape index (κ2) is 9.68. The Hall–Kier alpha value is -3.61. The molecule has 0 unspecified atom stereocenters. The first-order valence-electron chi connectivity index (χ1n) is 10.9. The van der Waals surface area contributed by atoms with Gasteiger partial charge in [-0.3, -0.25) is 9.59 Å². The van der Waals surface area contributed by atoms with Crippen LogP contribution in [0.5, 0.6) is 5.75 Å². The first-order valence-corrected chi connectivity index (χ1v) is 10.9. The molecule has 166 valence electrons. The highest BCUT2D eigenvalue weighted by molar-refractivity contribution is 5.76. The number of carbonyl (C=O) groups is 1. The van der Waals surface area contributed by atoms with Gasteiger partial charge in [-0.2, -0.15) is 5.10 Å². The number of anilines is 1. The van der Waals surface area contributed by atoms with E-state index in [4.69, 9.17) is 4.74 Å². The topological polar surface area (TPSA) is 67.7 Å². The molecule has 32 heavy (non-hydrogen) atoms. The summed E-state index contributed by atoms with van der Waals surface area (Å²) in [7, 11) is 1.65. The van der Waals surface area contributed by atoms with Crippen molar-refractivity contribution in [2.75, 3.05) is 38.2 Å². The number of aryl methyl sites for hydroxylation is 2. The van der Waals surface area contributed by atoms with Crippen LogP contribution in [0.4, 0.5) is 5.69 Å². The lowest BCUT2D eigenvalue weighted by molar-refractivity contribution is -0.131. The summed E-state index contributed by atoms with van der Waals surface area (Å²) >= 11 is 0. The molecule has 7 heteroatoms. The molecule has 4 rings (SSSR count). The lowest BCUT2D eigenvalue weighted by Crippen LogP contribution is -2.49. The predicted molar refractivity (Wildman–Crippen MR) is 125 cm³/mol. The zero-order valence-corrected chi connectivity index (χ0v) is 18.5. The minimum Gasteiger partial charge on any atom is -0.497 e. The molecular formula is C25H28N4O3. The smallest absolute Gasteiger partial charge is 0.266 e. The van der Waals surface area contributed by atoms with Crippen LogP contribution in [0.25, 0.3) is 11.3 Å². The van der Waals surface area contributed by atoms with Gasteiger partial charge in [0, 0.05) is 49.9 Å². The van der Waals surface area contributed by atoms with E-state index in [0.29, 0.717) is 13.1 Å². The average molecular weight is 433 g/mol. The van der Waals surface area contributed by atoms with Crippen molar-refractivity contribution in [3.63, 3.8) is 0 Å². The standard InChI is InChI=1S/C25H28N4O3/c1-19-3-5-20(6-4-19)23-11-12-25(31)29(26-23)14-13-24(30)28-17-15-27(16-18-28)21-7-9-22(32-2)10-8-21/h3-12H,13-18H2,1-2H3. The molecule has 1 aliphatic rings. The third-order valence-corrected chi connectivity index (χ3v) is 5.82. The summed E-state index contributed by atoms with van der Waals surface area (Å²) < 4.78 is 6.60. The van der Waals surface area contributed by atoms with Gasteiger partial charge in [0.2, 0.25) is 5.91 Å². The van der Waals surface area contributed by atoms with Crippen molar-refractivity contribution in [3.8, 4) is 17.0 Å². The van der Waals surface area contributed by atoms with Crippen molar-refractivity contribution in [2.45, 2.75) is 19.9 Å². The van der Waals surface area contributed by atoms with Crippen LogP contribution in [0.3, 0.4) is 0 Å². The highest BCUT2D eigenvalue weighted by atomic mass is 16.5. The predicted octanol–water partition coefficient (Wildman–Crippen LogP) is 2.97. The monoisotopic (exact) mass is 432 g/mol. The van der Waals surface area contributed by atoms with Gasteiger partial charge in [0.25, 0.3) is 5.56 Å². The van der Waals surface area contributed by atoms with Crippen LogP contribution in [0, 0.1) is 6.92 Å². The van der Waals surface area contributed by atoms with E-state index in [2.05, 4.69) is 10.00 Å². The SMILES string of the molecule is COc1ccc(N2CCN(C(=O)CCn3nc(-c4ccc(C)cc4)ccc3=O)CC2)cc1. The van der Waals surface area contributed by atoms with E-state index in [9.17, 15) is 9.59 Å². The summed E-state index contributed by atoms with van der Waals surface area (Å²) in [6.07, 6.45) is 0.257. The molecule has 2 aromatic carbocycles. The number of carbonyl (C=O) groups excluding carboxylic acids is 1. The first-order chi connectivity index (χ1) is 15.5. The average Bonchev–Trinajstić information content (AvgIpc) is 2.84. The summed E-state index contributed by atoms with van der Waals surface area (Å²) in [6.45, 7) is 5.18. The molecule has 2 heterocycles. The molecule has 0 radical (unpaired) electrons. The van der Waals surface area contributed by atoms with E-state index in [-0.39, 0.29) is 24.4 Å². The van der Waals surface area contributed by atoms with Crippen molar-refractivity contribution in [1.29, 1.82) is 0 Å². The number of amides is 1. The van der Waals surface area contributed by atoms with Crippen LogP contribution in [0.1, 0.15) is 12.0 Å². The molecule has 0 N–H and O–H groups in total. The van der Waals surface area contributed by atoms with E-state index >= 15 is 0 Å². The van der Waals surface area contributed by atoms with Crippen LogP contribution >= 0.6 is 0 Å². The maximum atomic E-state index is 12.7. The number of hydrogen-bond donors (Lipinski definition) is 0. The first kappa shape index (κ1) is 21.6. The molecule has 0 bridgehead atoms. The molecule has 0 saturated carbocycles. The number of methoxy groups -OCH3 is 1. The van der Waals surface area contributed by atoms with Crippen molar-refractivity contribution in [1.82, 2.24) is 14.7 Å². The van der Waals surface area contributed by atoms with E-state index in [1.54, 1.807) is 13.2 Å². The molecule has 1 saturated heterocycles. The number of ether oxygens (including phenoxy) is 1. The maximum absolute atomic E-state index is 12.7. The Bertz CT molecular complexity index is 1120. The third-order valence-electron chi connectivity index (χ3n) is 5.82. The minimum atomic E-state index is -0.196. The molecule has 0 atom stereocenters. The molecule has 0 aliphatic carbocycles. The van der Waals surface area contributed by atoms with E-state index < -0.39 is 0 Å². The van der Waals surface area contributed by atoms with Crippen molar-refractivity contribution in [3.05, 3.63) is 76.6 Å². The Morgan fingerprint density at radius 2 is 1.62 bits per heavy atom. The Balaban J connectivity index is 1.33. The van der Waals surface area contributed by atoms with E-state index in [1.807, 2.05) is 60.4 Å². The summed E-state index contributed by atoms with van der Waals surface area (Å²) in [5.41, 5.74) is 3.77. The van der Waals surface area contributed by atoms with Gasteiger partial charge >= 0.3 is 0 Å². The number of rotatable bonds is 6. The number of aromatic nitrogens is 2. The molecule has 1 fully saturated rings. The lowest BCUT2D eigenvalue weighted by atomic mass is 10.1. The van der Waals surface area contributed by atoms with Crippen molar-refractivity contribution < 1.29 is 9.53 Å². The second-order valence-corrected chi connectivity index (χ2v) is 7.96. The molecule has 1 aliphatic heterocycles. The fourth-order valence-corrected chi connectivity index (χ4v) is 3.85. The second-order valence-electron chi connectivity index (χ2n) is 7.96. The summed E-state index contributed by atoms with van der Waals surface area (Å²) in [4.78, 5) is 29.1. The highest BCUT2D eigenvalue weighted by Gasteiger charge is 2.21. The van der Waals surface area contributed by atoms with Crippen LogP contribution in [0.2, 0.25) is 0 Å². The maximum Gasteiger partial charge on any atom is 0.266 e. The van der Waals surface area contributed by atoms with Crippen molar-refractivity contribution >= 4 is 11.6 Å². The number of hydrogen-bond acceptors (Lipinski definition) is 5. The Labute approximate surface area is 187 Å². The number of piperazine rings is 1. The Kier molecular flexibility index (Phi) is 6.54. The van der Waals surface area contributed by atoms with Gasteiger partial charge in [-0.15, -0.1) is 0 Å². The van der Waals surface area contributed by atoms with E-state index in [1.165, 1.54) is 16.3 Å². The van der Waals surface area contributed by atoms with E-state index in [0.717, 1.165) is 35.8 Å². The van der Waals surface area contributed by atoms with Gasteiger partial charge in [0.05, 0.1) is 19.3 Å². The largest absolute Gasteiger partial charge is 0.497 e. The van der Waals surface area contributed by atoms with Gasteiger partial charge in [0.1, 0.15) is 5.75 Å². The van der Waals surface area contributed by atoms with Gasteiger partial charge in [-0.1, -0.05) is 29.8 Å². The molecule has 1 amide bonds. The molecule has 3 aromatic rings. The summed E-state index contributed by atoms with van der Waals surface area (Å²) in [6, 6.07) is 19.2. The minimum absolute atomic E-state index is 0.0498. The Morgan fingerprint density at radius 3 is 2.28 bits per heavy atom. The molecule has 7 nitrogen and oxygen atoms in total. The van der Waals surface area contributed by atoms with Gasteiger partial charge in [0.15, 0.2) is 0 Å². The molecule has 1 aromatic heterocycles. The van der Waals surface area contributed by atoms with Crippen molar-refractivity contribution in [2.24, 2.45) is 0 Å². The quantitative estimate of drug-likeness (QED) is 0.599. The van der Waals surface area contributed by atoms with Crippen LogP contribution in [-0.2, 0) is 11.3 Å². The molecular weight excluding hydrogens is 404 g/mol.